The van der Waals surface area contributed by atoms with Crippen LogP contribution in [0.15, 0.2) is 42.5 Å². The van der Waals surface area contributed by atoms with Gasteiger partial charge in [0.2, 0.25) is 0 Å². The van der Waals surface area contributed by atoms with E-state index in [9.17, 15) is 19.3 Å². The summed E-state index contributed by atoms with van der Waals surface area (Å²) < 4.78 is 18.0. The molecule has 0 spiro atoms. The van der Waals surface area contributed by atoms with Crippen molar-refractivity contribution in [1.82, 2.24) is 0 Å². The molecule has 2 aromatic carbocycles. The lowest BCUT2D eigenvalue weighted by Gasteiger charge is -2.07. The molecule has 0 aliphatic carbocycles. The van der Waals surface area contributed by atoms with Crippen molar-refractivity contribution in [3.05, 3.63) is 75.1 Å². The number of rotatable bonds is 4. The van der Waals surface area contributed by atoms with Crippen LogP contribution in [0.3, 0.4) is 0 Å². The van der Waals surface area contributed by atoms with Crippen LogP contribution in [0.25, 0.3) is 0 Å². The van der Waals surface area contributed by atoms with Crippen molar-refractivity contribution in [1.29, 1.82) is 0 Å². The number of carbonyl (C=O) groups is 1. The molecule has 0 amide bonds. The van der Waals surface area contributed by atoms with Gasteiger partial charge in [-0.1, -0.05) is 24.3 Å². The van der Waals surface area contributed by atoms with Crippen LogP contribution in [0.4, 0.5) is 10.1 Å². The summed E-state index contributed by atoms with van der Waals surface area (Å²) in [6.45, 7) is 1.44. The van der Waals surface area contributed by atoms with Gasteiger partial charge in [-0.15, -0.1) is 0 Å². The van der Waals surface area contributed by atoms with Crippen LogP contribution in [0.5, 0.6) is 0 Å². The summed E-state index contributed by atoms with van der Waals surface area (Å²) in [4.78, 5) is 22.3. The van der Waals surface area contributed by atoms with Crippen molar-refractivity contribution in [3.63, 3.8) is 0 Å². The summed E-state index contributed by atoms with van der Waals surface area (Å²) in [5.74, 6) is -1.24. The maximum atomic E-state index is 13.0. The molecule has 5 nitrogen and oxygen atoms in total. The summed E-state index contributed by atoms with van der Waals surface area (Å²) >= 11 is 0. The van der Waals surface area contributed by atoms with Gasteiger partial charge >= 0.3 is 5.97 Å². The average molecular weight is 289 g/mol. The van der Waals surface area contributed by atoms with Gasteiger partial charge in [0, 0.05) is 6.07 Å². The monoisotopic (exact) mass is 289 g/mol. The van der Waals surface area contributed by atoms with Gasteiger partial charge in [-0.05, 0) is 30.2 Å². The predicted molar refractivity (Wildman–Crippen MR) is 73.4 cm³/mol. The molecule has 0 aliphatic rings. The van der Waals surface area contributed by atoms with Crippen LogP contribution in [0, 0.1) is 22.9 Å². The lowest BCUT2D eigenvalue weighted by atomic mass is 10.1. The third kappa shape index (κ3) is 3.42. The van der Waals surface area contributed by atoms with Gasteiger partial charge in [-0.25, -0.2) is 9.18 Å². The van der Waals surface area contributed by atoms with Crippen LogP contribution >= 0.6 is 0 Å². The molecule has 0 heterocycles. The molecular weight excluding hydrogens is 277 g/mol. The van der Waals surface area contributed by atoms with Crippen LogP contribution < -0.4 is 0 Å². The minimum absolute atomic E-state index is 0.0843. The number of esters is 1. The van der Waals surface area contributed by atoms with E-state index in [-0.39, 0.29) is 17.9 Å². The van der Waals surface area contributed by atoms with E-state index in [1.807, 2.05) is 0 Å². The van der Waals surface area contributed by atoms with Gasteiger partial charge in [0.15, 0.2) is 0 Å². The minimum atomic E-state index is -0.802. The van der Waals surface area contributed by atoms with Gasteiger partial charge < -0.3 is 4.74 Å². The highest BCUT2D eigenvalue weighted by Gasteiger charge is 2.23. The van der Waals surface area contributed by atoms with Gasteiger partial charge in [0.1, 0.15) is 18.0 Å². The molecule has 0 saturated carbocycles. The zero-order chi connectivity index (χ0) is 15.4. The van der Waals surface area contributed by atoms with E-state index in [2.05, 4.69) is 0 Å². The fourth-order valence-corrected chi connectivity index (χ4v) is 1.92. The van der Waals surface area contributed by atoms with E-state index in [1.165, 1.54) is 30.3 Å². The first kappa shape index (κ1) is 14.6. The normalized spacial score (nSPS) is 10.2. The first-order valence-corrected chi connectivity index (χ1v) is 6.14. The fraction of sp³-hybridized carbons (Fsp3) is 0.133. The standard InChI is InChI=1S/C15H12FNO4/c1-10-4-2-7-13(17(19)20)14(10)15(18)21-9-11-5-3-6-12(16)8-11/h2-8H,9H2,1H3. The number of nitro groups is 1. The second-order valence-electron chi connectivity index (χ2n) is 4.43. The number of hydrogen-bond acceptors (Lipinski definition) is 4. The van der Waals surface area contributed by atoms with E-state index < -0.39 is 16.7 Å². The fourth-order valence-electron chi connectivity index (χ4n) is 1.92. The summed E-state index contributed by atoms with van der Waals surface area (Å²) in [6, 6.07) is 9.93. The van der Waals surface area contributed by atoms with Crippen molar-refractivity contribution in [2.24, 2.45) is 0 Å². The van der Waals surface area contributed by atoms with Gasteiger partial charge in [0.25, 0.3) is 5.69 Å². The SMILES string of the molecule is Cc1cccc([N+](=O)[O-])c1C(=O)OCc1cccc(F)c1. The maximum absolute atomic E-state index is 13.0. The molecule has 2 rings (SSSR count). The van der Waals surface area contributed by atoms with Crippen LogP contribution in [-0.2, 0) is 11.3 Å². The number of aryl methyl sites for hydroxylation is 1. The number of carbonyl (C=O) groups excluding carboxylic acids is 1. The zero-order valence-electron chi connectivity index (χ0n) is 11.2. The van der Waals surface area contributed by atoms with Crippen molar-refractivity contribution in [2.75, 3.05) is 0 Å². The lowest BCUT2D eigenvalue weighted by Crippen LogP contribution is -2.10. The Bertz CT molecular complexity index is 700. The number of nitrogens with zero attached hydrogens (tertiary/aromatic N) is 1. The van der Waals surface area contributed by atoms with E-state index in [0.717, 1.165) is 0 Å². The number of halogens is 1. The topological polar surface area (TPSA) is 69.4 Å². The minimum Gasteiger partial charge on any atom is -0.457 e. The molecule has 2 aromatic rings. The second kappa shape index (κ2) is 6.13. The van der Waals surface area contributed by atoms with E-state index in [0.29, 0.717) is 11.1 Å². The molecular formula is C15H12FNO4. The van der Waals surface area contributed by atoms with Crippen molar-refractivity contribution in [3.8, 4) is 0 Å². The molecule has 0 fully saturated rings. The second-order valence-corrected chi connectivity index (χ2v) is 4.43. The zero-order valence-corrected chi connectivity index (χ0v) is 11.2. The molecule has 6 heteroatoms. The predicted octanol–water partition coefficient (Wildman–Crippen LogP) is 3.40. The highest BCUT2D eigenvalue weighted by Crippen LogP contribution is 2.23. The number of hydrogen-bond donors (Lipinski definition) is 0. The molecule has 108 valence electrons. The Balaban J connectivity index is 2.19. The van der Waals surface area contributed by atoms with Crippen molar-refractivity contribution >= 4 is 11.7 Å². The Hall–Kier alpha value is -2.76. The first-order chi connectivity index (χ1) is 9.99. The third-order valence-corrected chi connectivity index (χ3v) is 2.91. The molecule has 0 N–H and O–H groups in total. The molecule has 0 aliphatic heterocycles. The van der Waals surface area contributed by atoms with Crippen molar-refractivity contribution in [2.45, 2.75) is 13.5 Å². The highest BCUT2D eigenvalue weighted by atomic mass is 19.1. The summed E-state index contributed by atoms with van der Waals surface area (Å²) in [5.41, 5.74) is 0.533. The van der Waals surface area contributed by atoms with E-state index in [1.54, 1.807) is 19.1 Å². The Kier molecular flexibility index (Phi) is 4.27. The summed E-state index contributed by atoms with van der Waals surface area (Å²) in [5, 5.41) is 10.9. The van der Waals surface area contributed by atoms with E-state index in [4.69, 9.17) is 4.74 Å². The molecule has 0 unspecified atom stereocenters. The van der Waals surface area contributed by atoms with E-state index >= 15 is 0 Å². The largest absolute Gasteiger partial charge is 0.457 e. The molecule has 0 saturated heterocycles. The molecule has 0 bridgehead atoms. The number of ether oxygens (including phenoxy) is 1. The highest BCUT2D eigenvalue weighted by molar-refractivity contribution is 5.95. The molecule has 0 aromatic heterocycles. The molecule has 0 radical (unpaired) electrons. The average Bonchev–Trinajstić information content (AvgIpc) is 2.44. The lowest BCUT2D eigenvalue weighted by molar-refractivity contribution is -0.385. The number of nitro benzene ring substituents is 1. The third-order valence-electron chi connectivity index (χ3n) is 2.91. The Morgan fingerprint density at radius 2 is 2.00 bits per heavy atom. The van der Waals surface area contributed by atoms with Gasteiger partial charge in [-0.3, -0.25) is 10.1 Å². The maximum Gasteiger partial charge on any atom is 0.345 e. The van der Waals surface area contributed by atoms with Gasteiger partial charge in [0.05, 0.1) is 4.92 Å². The Morgan fingerprint density at radius 1 is 1.29 bits per heavy atom. The van der Waals surface area contributed by atoms with Crippen LogP contribution in [0.2, 0.25) is 0 Å². The van der Waals surface area contributed by atoms with Gasteiger partial charge in [-0.2, -0.15) is 0 Å². The van der Waals surface area contributed by atoms with Crippen LogP contribution in [-0.4, -0.2) is 10.9 Å². The first-order valence-electron chi connectivity index (χ1n) is 6.14. The smallest absolute Gasteiger partial charge is 0.345 e. The molecule has 0 atom stereocenters. The number of benzene rings is 2. The Morgan fingerprint density at radius 3 is 2.67 bits per heavy atom. The quantitative estimate of drug-likeness (QED) is 0.491. The van der Waals surface area contributed by atoms with Crippen LogP contribution in [0.1, 0.15) is 21.5 Å². The summed E-state index contributed by atoms with van der Waals surface area (Å²) in [6.07, 6.45) is 0. The summed E-state index contributed by atoms with van der Waals surface area (Å²) in [7, 11) is 0. The Labute approximate surface area is 120 Å². The molecule has 21 heavy (non-hydrogen) atoms. The van der Waals surface area contributed by atoms with Crippen molar-refractivity contribution < 1.29 is 18.8 Å².